The van der Waals surface area contributed by atoms with Crippen molar-refractivity contribution in [1.29, 1.82) is 0 Å². The Bertz CT molecular complexity index is 1700. The summed E-state index contributed by atoms with van der Waals surface area (Å²) >= 11 is 0. The lowest BCUT2D eigenvalue weighted by Crippen LogP contribution is -2.26. The molecular weight excluding hydrogens is 1540 g/mol. The Kier molecular flexibility index (Phi) is 107. The van der Waals surface area contributed by atoms with Crippen molar-refractivity contribution in [1.82, 2.24) is 10.6 Å². The van der Waals surface area contributed by atoms with Crippen molar-refractivity contribution in [2.75, 3.05) is 396 Å². The minimum absolute atomic E-state index is 0.208. The van der Waals surface area contributed by atoms with Gasteiger partial charge < -0.3 is 159 Å². The molecule has 0 bridgehead atoms. The van der Waals surface area contributed by atoms with E-state index in [1.807, 2.05) is 0 Å². The second kappa shape index (κ2) is 109. The van der Waals surface area contributed by atoms with Crippen molar-refractivity contribution in [3.05, 3.63) is 0 Å². The van der Waals surface area contributed by atoms with Gasteiger partial charge in [0.25, 0.3) is 0 Å². The second-order valence-electron chi connectivity index (χ2n) is 26.3. The predicted octanol–water partition coefficient (Wildman–Crippen LogP) is 6.61. The molecule has 0 saturated carbocycles. The van der Waals surface area contributed by atoms with Crippen LogP contribution in [0.15, 0.2) is 0 Å². The fraction of sp³-hybridized carbons (Fsp3) is 0.976. The zero-order valence-electron chi connectivity index (χ0n) is 72.4. The summed E-state index contributed by atoms with van der Waals surface area (Å²) in [5.74, 6) is 0. The van der Waals surface area contributed by atoms with Crippen molar-refractivity contribution in [2.45, 2.75) is 128 Å². The summed E-state index contributed by atoms with van der Waals surface area (Å²) in [4.78, 5) is 23.6. The van der Waals surface area contributed by atoms with Crippen molar-refractivity contribution in [3.8, 4) is 0 Å². The van der Waals surface area contributed by atoms with E-state index in [1.165, 1.54) is 89.9 Å². The SMILES string of the molecule is NCCCCCCCCCCCCNC(=O)OCCOCCOCCOCCOCCOCCOCCOCCOCCOCCOCCOCCOCCOCCOCCOCCOCCOCCOCCOCCOCCOCCOCCOCCOCCOCCOCCOCCOC(=O)NCCCCCCCCCCCCN. The maximum Gasteiger partial charge on any atom is 0.407 e. The number of ether oxygens (including phenoxy) is 29. The summed E-state index contributed by atoms with van der Waals surface area (Å²) in [5.41, 5.74) is 11.1. The smallest absolute Gasteiger partial charge is 0.407 e. The quantitative estimate of drug-likeness (QED) is 0.0465. The molecule has 700 valence electrons. The lowest BCUT2D eigenvalue weighted by molar-refractivity contribution is -0.0323. The third-order valence-corrected chi connectivity index (χ3v) is 16.4. The van der Waals surface area contributed by atoms with Gasteiger partial charge in [-0.25, -0.2) is 9.59 Å². The van der Waals surface area contributed by atoms with E-state index in [0.29, 0.717) is 370 Å². The van der Waals surface area contributed by atoms with Gasteiger partial charge in [-0.2, -0.15) is 0 Å². The van der Waals surface area contributed by atoms with Crippen LogP contribution >= 0.6 is 0 Å². The highest BCUT2D eigenvalue weighted by molar-refractivity contribution is 5.67. The summed E-state index contributed by atoms with van der Waals surface area (Å²) in [7, 11) is 0. The molecule has 6 N–H and O–H groups in total. The van der Waals surface area contributed by atoms with Crippen LogP contribution < -0.4 is 22.1 Å². The number of hydrogen-bond acceptors (Lipinski definition) is 33. The lowest BCUT2D eigenvalue weighted by atomic mass is 10.1. The Balaban J connectivity index is 3.13. The van der Waals surface area contributed by atoms with Crippen molar-refractivity contribution < 1.29 is 147 Å². The molecule has 0 fully saturated rings. The normalized spacial score (nSPS) is 11.6. The van der Waals surface area contributed by atoms with Gasteiger partial charge in [0, 0.05) is 13.1 Å². The van der Waals surface area contributed by atoms with Crippen LogP contribution in [0, 0.1) is 0 Å². The monoisotopic (exact) mass is 1700 g/mol. The van der Waals surface area contributed by atoms with E-state index in [2.05, 4.69) is 10.6 Å². The molecule has 0 unspecified atom stereocenters. The van der Waals surface area contributed by atoms with E-state index < -0.39 is 12.2 Å². The molecule has 0 aromatic heterocycles. The minimum atomic E-state index is -0.400. The Morgan fingerprint density at radius 1 is 0.137 bits per heavy atom. The second-order valence-corrected chi connectivity index (χ2v) is 26.3. The average molecular weight is 1700 g/mol. The van der Waals surface area contributed by atoms with Crippen LogP contribution in [0.1, 0.15) is 128 Å². The molecule has 0 aliphatic heterocycles. The molecule has 35 heteroatoms. The largest absolute Gasteiger partial charge is 0.447 e. The van der Waals surface area contributed by atoms with Gasteiger partial charge in [0.05, 0.1) is 357 Å². The van der Waals surface area contributed by atoms with Gasteiger partial charge in [0.1, 0.15) is 13.2 Å². The Labute approximate surface area is 703 Å². The van der Waals surface area contributed by atoms with Crippen molar-refractivity contribution in [3.63, 3.8) is 0 Å². The first kappa shape index (κ1) is 114. The Morgan fingerprint density at radius 3 is 0.342 bits per heavy atom. The molecule has 117 heavy (non-hydrogen) atoms. The number of hydrogen-bond donors (Lipinski definition) is 4. The molecule has 0 radical (unpaired) electrons. The molecule has 2 amide bonds. The van der Waals surface area contributed by atoms with Crippen LogP contribution in [0.2, 0.25) is 0 Å². The number of unbranched alkanes of at least 4 members (excludes halogenated alkanes) is 18. The number of alkyl carbamates (subject to hydrolysis) is 2. The highest BCUT2D eigenvalue weighted by Gasteiger charge is 2.07. The van der Waals surface area contributed by atoms with Gasteiger partial charge in [-0.3, -0.25) is 0 Å². The molecule has 0 rings (SSSR count). The number of rotatable bonds is 108. The minimum Gasteiger partial charge on any atom is -0.447 e. The number of nitrogens with one attached hydrogen (secondary N) is 2. The van der Waals surface area contributed by atoms with Crippen molar-refractivity contribution in [2.24, 2.45) is 11.5 Å². The van der Waals surface area contributed by atoms with Gasteiger partial charge in [-0.1, -0.05) is 103 Å². The number of carbonyl (C=O) groups is 2. The third kappa shape index (κ3) is 109. The topological polar surface area (TPSA) is 378 Å². The van der Waals surface area contributed by atoms with Crippen LogP contribution in [-0.4, -0.2) is 408 Å². The molecule has 0 atom stereocenters. The zero-order valence-corrected chi connectivity index (χ0v) is 72.4. The van der Waals surface area contributed by atoms with Gasteiger partial charge in [-0.15, -0.1) is 0 Å². The molecule has 0 heterocycles. The van der Waals surface area contributed by atoms with E-state index in [4.69, 9.17) is 149 Å². The lowest BCUT2D eigenvalue weighted by Gasteiger charge is -2.09. The van der Waals surface area contributed by atoms with Crippen LogP contribution in [0.5, 0.6) is 0 Å². The fourth-order valence-corrected chi connectivity index (χ4v) is 10.1. The molecule has 0 spiro atoms. The first-order chi connectivity index (χ1) is 58.2. The first-order valence-electron chi connectivity index (χ1n) is 44.0. The third-order valence-electron chi connectivity index (χ3n) is 16.4. The molecular formula is C82H166N4O31. The molecule has 0 aliphatic rings. The van der Waals surface area contributed by atoms with Gasteiger partial charge in [-0.05, 0) is 38.8 Å². The summed E-state index contributed by atoms with van der Waals surface area (Å²) in [6.45, 7) is 28.4. The van der Waals surface area contributed by atoms with E-state index in [1.54, 1.807) is 0 Å². The summed E-state index contributed by atoms with van der Waals surface area (Å²) < 4.78 is 160. The first-order valence-corrected chi connectivity index (χ1v) is 44.0. The van der Waals surface area contributed by atoms with E-state index in [-0.39, 0.29) is 13.2 Å². The highest BCUT2D eigenvalue weighted by Crippen LogP contribution is 2.12. The van der Waals surface area contributed by atoms with E-state index in [9.17, 15) is 9.59 Å². The number of nitrogens with two attached hydrogens (primary N) is 2. The standard InChI is InChI=1S/C82H166N4O31/c83-21-17-13-9-5-1-3-7-11-15-19-23-85-81(87)116-79-77-114-75-73-112-71-69-110-67-65-108-63-61-106-59-57-104-55-53-102-51-49-100-47-45-98-43-41-96-39-37-94-35-33-92-31-29-90-27-25-89-26-28-91-30-32-93-34-36-95-38-40-97-42-44-99-46-48-101-50-52-103-54-56-105-58-60-107-62-64-109-66-68-111-70-72-113-74-76-115-78-80-117-82(88)86-24-20-16-12-8-4-2-6-10-14-18-22-84/h1-80,83-84H2,(H,85,87)(H,86,88). The number of amides is 2. The maximum absolute atomic E-state index is 11.8. The maximum atomic E-state index is 11.8. The molecule has 0 aromatic carbocycles. The van der Waals surface area contributed by atoms with Crippen molar-refractivity contribution >= 4 is 12.2 Å². The summed E-state index contributed by atoms with van der Waals surface area (Å²) in [5, 5.41) is 5.60. The Hall–Kier alpha value is -2.62. The average Bonchev–Trinajstić information content (AvgIpc) is 1.18. The van der Waals surface area contributed by atoms with Crippen LogP contribution in [-0.2, 0) is 137 Å². The summed E-state index contributed by atoms with van der Waals surface area (Å²) in [6, 6.07) is 0. The highest BCUT2D eigenvalue weighted by atomic mass is 16.6. The van der Waals surface area contributed by atoms with E-state index in [0.717, 1.165) is 51.6 Å². The molecule has 0 saturated heterocycles. The number of carbonyl (C=O) groups excluding carboxylic acids is 2. The van der Waals surface area contributed by atoms with Crippen LogP contribution in [0.4, 0.5) is 9.59 Å². The molecule has 35 nitrogen and oxygen atoms in total. The summed E-state index contributed by atoms with van der Waals surface area (Å²) in [6.07, 6.45) is 23.5. The van der Waals surface area contributed by atoms with Gasteiger partial charge >= 0.3 is 12.2 Å². The predicted molar refractivity (Wildman–Crippen MR) is 441 cm³/mol. The van der Waals surface area contributed by atoms with Crippen LogP contribution in [0.3, 0.4) is 0 Å². The molecule has 0 aliphatic carbocycles. The van der Waals surface area contributed by atoms with Gasteiger partial charge in [0.15, 0.2) is 0 Å². The molecule has 0 aromatic rings. The fourth-order valence-electron chi connectivity index (χ4n) is 10.1. The van der Waals surface area contributed by atoms with Crippen LogP contribution in [0.25, 0.3) is 0 Å². The Morgan fingerprint density at radius 2 is 0.231 bits per heavy atom. The van der Waals surface area contributed by atoms with E-state index >= 15 is 0 Å². The van der Waals surface area contributed by atoms with Gasteiger partial charge in [0.2, 0.25) is 0 Å². The zero-order chi connectivity index (χ0) is 83.6.